The van der Waals surface area contributed by atoms with Crippen molar-refractivity contribution in [2.24, 2.45) is 11.8 Å². The summed E-state index contributed by atoms with van der Waals surface area (Å²) in [6.45, 7) is 3.82. The second-order valence-electron chi connectivity index (χ2n) is 7.78. The molecule has 2 atom stereocenters. The molecule has 7 heteroatoms. The van der Waals surface area contributed by atoms with E-state index >= 15 is 0 Å². The highest BCUT2D eigenvalue weighted by atomic mass is 32.1. The summed E-state index contributed by atoms with van der Waals surface area (Å²) in [6.07, 6.45) is 9.86. The number of nitrogens with one attached hydrogen (secondary N) is 2. The maximum Gasteiger partial charge on any atom is 0.307 e. The van der Waals surface area contributed by atoms with E-state index in [1.807, 2.05) is 26.0 Å². The number of aryl methyl sites for hydroxylation is 1. The van der Waals surface area contributed by atoms with Crippen LogP contribution in [0.4, 0.5) is 5.00 Å². The first-order chi connectivity index (χ1) is 13.4. The topological polar surface area (TPSA) is 95.5 Å². The molecule has 0 unspecified atom stereocenters. The smallest absolute Gasteiger partial charge is 0.307 e. The van der Waals surface area contributed by atoms with Crippen LogP contribution in [0.25, 0.3) is 0 Å². The van der Waals surface area contributed by atoms with E-state index in [0.29, 0.717) is 23.4 Å². The molecule has 3 rings (SSSR count). The third-order valence-corrected chi connectivity index (χ3v) is 7.00. The average Bonchev–Trinajstić information content (AvgIpc) is 2.96. The maximum absolute atomic E-state index is 12.9. The van der Waals surface area contributed by atoms with E-state index in [9.17, 15) is 19.5 Å². The zero-order valence-electron chi connectivity index (χ0n) is 16.4. The zero-order valence-corrected chi connectivity index (χ0v) is 17.2. The van der Waals surface area contributed by atoms with Crippen molar-refractivity contribution in [3.63, 3.8) is 0 Å². The van der Waals surface area contributed by atoms with Crippen LogP contribution in [0.2, 0.25) is 0 Å². The Morgan fingerprint density at radius 1 is 1.04 bits per heavy atom. The number of amides is 2. The molecule has 0 aromatic carbocycles. The Labute approximate surface area is 169 Å². The molecule has 2 aliphatic carbocycles. The number of carboxylic acid groups (broad SMARTS) is 1. The lowest BCUT2D eigenvalue weighted by molar-refractivity contribution is -0.146. The van der Waals surface area contributed by atoms with E-state index < -0.39 is 17.8 Å². The molecule has 2 amide bonds. The summed E-state index contributed by atoms with van der Waals surface area (Å²) in [6, 6.07) is 0.185. The van der Waals surface area contributed by atoms with Gasteiger partial charge in [-0.3, -0.25) is 14.4 Å². The van der Waals surface area contributed by atoms with Crippen LogP contribution in [0.3, 0.4) is 0 Å². The summed E-state index contributed by atoms with van der Waals surface area (Å²) < 4.78 is 0. The van der Waals surface area contributed by atoms with Crippen LogP contribution in [0, 0.1) is 25.7 Å². The van der Waals surface area contributed by atoms with Crippen molar-refractivity contribution in [2.45, 2.75) is 64.8 Å². The number of carbonyl (C=O) groups is 3. The second-order valence-corrected chi connectivity index (χ2v) is 9.00. The van der Waals surface area contributed by atoms with Crippen molar-refractivity contribution < 1.29 is 19.5 Å². The number of carbonyl (C=O) groups excluding carboxylic acids is 2. The maximum atomic E-state index is 12.9. The number of aliphatic carboxylic acids is 1. The normalized spacial score (nSPS) is 22.6. The van der Waals surface area contributed by atoms with E-state index in [0.717, 1.165) is 36.1 Å². The standard InChI is InChI=1S/C21H28N2O4S/c1-12-13(2)28-20(17(12)19(25)22-14-8-4-3-5-9-14)23-18(24)15-10-6-7-11-16(15)21(26)27/h6-7,14-16H,3-5,8-11H2,1-2H3,(H,22,25)(H,23,24)(H,26,27)/t15-,16-/m0/s1. The predicted octanol–water partition coefficient (Wildman–Crippen LogP) is 4.03. The fourth-order valence-electron chi connectivity index (χ4n) is 4.07. The molecular weight excluding hydrogens is 376 g/mol. The third kappa shape index (κ3) is 4.46. The molecule has 1 aromatic rings. The van der Waals surface area contributed by atoms with Gasteiger partial charge in [0.05, 0.1) is 17.4 Å². The van der Waals surface area contributed by atoms with Crippen molar-refractivity contribution >= 4 is 34.1 Å². The molecular formula is C21H28N2O4S. The Morgan fingerprint density at radius 3 is 2.32 bits per heavy atom. The molecule has 6 nitrogen and oxygen atoms in total. The summed E-state index contributed by atoms with van der Waals surface area (Å²) in [4.78, 5) is 38.2. The fourth-order valence-corrected chi connectivity index (χ4v) is 5.14. The molecule has 0 bridgehead atoms. The summed E-state index contributed by atoms with van der Waals surface area (Å²) in [5.41, 5.74) is 1.38. The lowest BCUT2D eigenvalue weighted by Gasteiger charge is -2.25. The van der Waals surface area contributed by atoms with Gasteiger partial charge in [0.1, 0.15) is 5.00 Å². The first kappa shape index (κ1) is 20.6. The molecule has 0 aliphatic heterocycles. The molecule has 152 valence electrons. The van der Waals surface area contributed by atoms with Crippen molar-refractivity contribution in [3.8, 4) is 0 Å². The number of allylic oxidation sites excluding steroid dienone is 2. The quantitative estimate of drug-likeness (QED) is 0.646. The van der Waals surface area contributed by atoms with Gasteiger partial charge >= 0.3 is 5.97 Å². The van der Waals surface area contributed by atoms with Crippen molar-refractivity contribution in [1.82, 2.24) is 5.32 Å². The first-order valence-electron chi connectivity index (χ1n) is 9.98. The Balaban J connectivity index is 1.77. The minimum atomic E-state index is -0.960. The van der Waals surface area contributed by atoms with Crippen LogP contribution in [0.1, 0.15) is 65.7 Å². The van der Waals surface area contributed by atoms with Crippen molar-refractivity contribution in [3.05, 3.63) is 28.2 Å². The van der Waals surface area contributed by atoms with E-state index in [1.54, 1.807) is 0 Å². The van der Waals surface area contributed by atoms with Gasteiger partial charge in [0.2, 0.25) is 5.91 Å². The molecule has 0 spiro atoms. The minimum absolute atomic E-state index is 0.151. The van der Waals surface area contributed by atoms with Crippen LogP contribution < -0.4 is 10.6 Å². The molecule has 1 fully saturated rings. The van der Waals surface area contributed by atoms with Gasteiger partial charge in [-0.05, 0) is 45.1 Å². The summed E-state index contributed by atoms with van der Waals surface area (Å²) in [5, 5.41) is 15.9. The molecule has 2 aliphatic rings. The highest BCUT2D eigenvalue weighted by molar-refractivity contribution is 7.16. The van der Waals surface area contributed by atoms with Crippen molar-refractivity contribution in [1.29, 1.82) is 0 Å². The number of thiophene rings is 1. The van der Waals surface area contributed by atoms with Gasteiger partial charge in [-0.15, -0.1) is 11.3 Å². The molecule has 28 heavy (non-hydrogen) atoms. The van der Waals surface area contributed by atoms with Gasteiger partial charge in [0.15, 0.2) is 0 Å². The van der Waals surface area contributed by atoms with Gasteiger partial charge in [-0.1, -0.05) is 31.4 Å². The number of hydrogen-bond donors (Lipinski definition) is 3. The Morgan fingerprint density at radius 2 is 1.68 bits per heavy atom. The van der Waals surface area contributed by atoms with Crippen LogP contribution >= 0.6 is 11.3 Å². The van der Waals surface area contributed by atoms with Crippen LogP contribution in [-0.4, -0.2) is 28.9 Å². The van der Waals surface area contributed by atoms with E-state index in [-0.39, 0.29) is 17.9 Å². The number of anilines is 1. The summed E-state index contributed by atoms with van der Waals surface area (Å²) in [7, 11) is 0. The molecule has 3 N–H and O–H groups in total. The third-order valence-electron chi connectivity index (χ3n) is 5.88. The monoisotopic (exact) mass is 404 g/mol. The van der Waals surface area contributed by atoms with Gasteiger partial charge in [-0.25, -0.2) is 0 Å². The Hall–Kier alpha value is -2.15. The highest BCUT2D eigenvalue weighted by Crippen LogP contribution is 2.35. The number of hydrogen-bond acceptors (Lipinski definition) is 4. The Bertz CT molecular complexity index is 793. The first-order valence-corrected chi connectivity index (χ1v) is 10.8. The molecule has 0 saturated heterocycles. The summed E-state index contributed by atoms with van der Waals surface area (Å²) in [5.74, 6) is -2.79. The highest BCUT2D eigenvalue weighted by Gasteiger charge is 2.35. The van der Waals surface area contributed by atoms with Gasteiger partial charge in [0.25, 0.3) is 5.91 Å². The summed E-state index contributed by atoms with van der Waals surface area (Å²) >= 11 is 1.38. The predicted molar refractivity (Wildman–Crippen MR) is 110 cm³/mol. The molecule has 1 saturated carbocycles. The SMILES string of the molecule is Cc1sc(NC(=O)[C@H]2CC=CC[C@@H]2C(=O)O)c(C(=O)NC2CCCCC2)c1C. The van der Waals surface area contributed by atoms with E-state index in [2.05, 4.69) is 10.6 Å². The van der Waals surface area contributed by atoms with Crippen molar-refractivity contribution in [2.75, 3.05) is 5.32 Å². The second kappa shape index (κ2) is 8.90. The fraction of sp³-hybridized carbons (Fsp3) is 0.571. The Kier molecular flexibility index (Phi) is 6.54. The number of rotatable bonds is 5. The minimum Gasteiger partial charge on any atom is -0.481 e. The number of carboxylic acids is 1. The van der Waals surface area contributed by atoms with E-state index in [1.165, 1.54) is 17.8 Å². The van der Waals surface area contributed by atoms with Gasteiger partial charge < -0.3 is 15.7 Å². The van der Waals surface area contributed by atoms with Crippen LogP contribution in [0.15, 0.2) is 12.2 Å². The molecule has 1 heterocycles. The largest absolute Gasteiger partial charge is 0.481 e. The van der Waals surface area contributed by atoms with E-state index in [4.69, 9.17) is 0 Å². The lowest BCUT2D eigenvalue weighted by atomic mass is 9.82. The zero-order chi connectivity index (χ0) is 20.3. The molecule has 0 radical (unpaired) electrons. The van der Waals surface area contributed by atoms with Gasteiger partial charge in [0, 0.05) is 10.9 Å². The lowest BCUT2D eigenvalue weighted by Crippen LogP contribution is -2.37. The molecule has 1 aromatic heterocycles. The average molecular weight is 405 g/mol. The van der Waals surface area contributed by atoms with Crippen LogP contribution in [-0.2, 0) is 9.59 Å². The van der Waals surface area contributed by atoms with Gasteiger partial charge in [-0.2, -0.15) is 0 Å². The van der Waals surface area contributed by atoms with Crippen LogP contribution in [0.5, 0.6) is 0 Å².